The molecule has 1 saturated heterocycles. The molecule has 1 aliphatic rings. The molecule has 140 valence electrons. The molecule has 0 aliphatic carbocycles. The number of rotatable bonds is 8. The van der Waals surface area contributed by atoms with Crippen molar-refractivity contribution in [2.24, 2.45) is 11.8 Å². The molecule has 0 radical (unpaired) electrons. The zero-order valence-electron chi connectivity index (χ0n) is 16.8. The van der Waals surface area contributed by atoms with Gasteiger partial charge in [0, 0.05) is 13.2 Å². The van der Waals surface area contributed by atoms with Gasteiger partial charge in [-0.3, -0.25) is 0 Å². The fourth-order valence-electron chi connectivity index (χ4n) is 4.02. The molecule has 0 aromatic heterocycles. The molecular weight excluding hydrogens is 308 g/mol. The third-order valence-electron chi connectivity index (χ3n) is 5.50. The lowest BCUT2D eigenvalue weighted by Gasteiger charge is -2.31. The van der Waals surface area contributed by atoms with Crippen molar-refractivity contribution in [1.82, 2.24) is 0 Å². The molecule has 1 fully saturated rings. The zero-order valence-corrected chi connectivity index (χ0v) is 16.8. The van der Waals surface area contributed by atoms with Crippen molar-refractivity contribution in [3.8, 4) is 5.75 Å². The summed E-state index contributed by atoms with van der Waals surface area (Å²) >= 11 is 0. The van der Waals surface area contributed by atoms with Crippen LogP contribution in [0.2, 0.25) is 0 Å². The molecule has 1 heterocycles. The van der Waals surface area contributed by atoms with Gasteiger partial charge in [0.15, 0.2) is 0 Å². The Morgan fingerprint density at radius 2 is 1.84 bits per heavy atom. The molecule has 25 heavy (non-hydrogen) atoms. The van der Waals surface area contributed by atoms with Gasteiger partial charge in [0.1, 0.15) is 5.75 Å². The number of ether oxygens (including phenoxy) is 2. The standard InChI is InChI=1S/C23H36O2/c1-18(2)16-20(7-6-19-12-14-25-15-13-19)17-23(3,4)21-8-10-22(24-5)11-9-21/h8-11,16,19-20H,6-7,12-15,17H2,1-5H3. The summed E-state index contributed by atoms with van der Waals surface area (Å²) in [5.74, 6) is 2.43. The second kappa shape index (κ2) is 9.43. The smallest absolute Gasteiger partial charge is 0.118 e. The third-order valence-corrected chi connectivity index (χ3v) is 5.50. The Morgan fingerprint density at radius 3 is 2.40 bits per heavy atom. The van der Waals surface area contributed by atoms with Crippen LogP contribution in [0.3, 0.4) is 0 Å². The number of benzene rings is 1. The first kappa shape index (κ1) is 20.0. The summed E-state index contributed by atoms with van der Waals surface area (Å²) in [5, 5.41) is 0. The molecule has 1 unspecified atom stereocenters. The van der Waals surface area contributed by atoms with Crippen LogP contribution in [0.4, 0.5) is 0 Å². The Morgan fingerprint density at radius 1 is 1.20 bits per heavy atom. The van der Waals surface area contributed by atoms with Gasteiger partial charge in [-0.15, -0.1) is 0 Å². The van der Waals surface area contributed by atoms with Gasteiger partial charge in [0.2, 0.25) is 0 Å². The Kier molecular flexibility index (Phi) is 7.56. The van der Waals surface area contributed by atoms with Crippen molar-refractivity contribution in [3.63, 3.8) is 0 Å². The highest BCUT2D eigenvalue weighted by molar-refractivity contribution is 5.31. The van der Waals surface area contributed by atoms with Crippen LogP contribution in [0.15, 0.2) is 35.9 Å². The van der Waals surface area contributed by atoms with Crippen molar-refractivity contribution in [2.45, 2.75) is 65.2 Å². The first-order valence-electron chi connectivity index (χ1n) is 9.78. The van der Waals surface area contributed by atoms with Gasteiger partial charge in [-0.25, -0.2) is 0 Å². The molecule has 0 amide bonds. The summed E-state index contributed by atoms with van der Waals surface area (Å²) < 4.78 is 10.8. The van der Waals surface area contributed by atoms with E-state index < -0.39 is 0 Å². The summed E-state index contributed by atoms with van der Waals surface area (Å²) in [6.45, 7) is 11.1. The van der Waals surface area contributed by atoms with Crippen molar-refractivity contribution >= 4 is 0 Å². The van der Waals surface area contributed by atoms with Gasteiger partial charge in [0.25, 0.3) is 0 Å². The third kappa shape index (κ3) is 6.51. The topological polar surface area (TPSA) is 18.5 Å². The minimum absolute atomic E-state index is 0.165. The van der Waals surface area contributed by atoms with Crippen LogP contribution >= 0.6 is 0 Å². The monoisotopic (exact) mass is 344 g/mol. The second-order valence-corrected chi connectivity index (χ2v) is 8.45. The molecule has 1 aliphatic heterocycles. The van der Waals surface area contributed by atoms with E-state index in [1.54, 1.807) is 7.11 Å². The predicted molar refractivity (Wildman–Crippen MR) is 106 cm³/mol. The number of hydrogen-bond acceptors (Lipinski definition) is 2. The van der Waals surface area contributed by atoms with E-state index in [1.165, 1.54) is 43.2 Å². The lowest BCUT2D eigenvalue weighted by molar-refractivity contribution is 0.0620. The SMILES string of the molecule is COc1ccc(C(C)(C)CC(C=C(C)C)CCC2CCOCC2)cc1. The predicted octanol–water partition coefficient (Wildman–Crippen LogP) is 6.15. The molecule has 0 N–H and O–H groups in total. The number of methoxy groups -OCH3 is 1. The maximum atomic E-state index is 5.51. The summed E-state index contributed by atoms with van der Waals surface area (Å²) in [4.78, 5) is 0. The van der Waals surface area contributed by atoms with Gasteiger partial charge in [-0.2, -0.15) is 0 Å². The van der Waals surface area contributed by atoms with Gasteiger partial charge in [-0.1, -0.05) is 37.6 Å². The zero-order chi connectivity index (χ0) is 18.3. The average molecular weight is 345 g/mol. The van der Waals surface area contributed by atoms with Crippen molar-refractivity contribution in [3.05, 3.63) is 41.5 Å². The van der Waals surface area contributed by atoms with Crippen molar-refractivity contribution < 1.29 is 9.47 Å². The highest BCUT2D eigenvalue weighted by atomic mass is 16.5. The van der Waals surface area contributed by atoms with Crippen molar-refractivity contribution in [2.75, 3.05) is 20.3 Å². The van der Waals surface area contributed by atoms with E-state index in [-0.39, 0.29) is 5.41 Å². The summed E-state index contributed by atoms with van der Waals surface area (Å²) in [5.41, 5.74) is 2.99. The number of allylic oxidation sites excluding steroid dienone is 2. The highest BCUT2D eigenvalue weighted by Crippen LogP contribution is 2.35. The first-order valence-corrected chi connectivity index (χ1v) is 9.78. The second-order valence-electron chi connectivity index (χ2n) is 8.45. The van der Waals surface area contributed by atoms with E-state index in [4.69, 9.17) is 9.47 Å². The maximum Gasteiger partial charge on any atom is 0.118 e. The molecule has 1 aromatic rings. The molecule has 0 spiro atoms. The van der Waals surface area contributed by atoms with Crippen LogP contribution < -0.4 is 4.74 Å². The Labute approximate surface area is 154 Å². The summed E-state index contributed by atoms with van der Waals surface area (Å²) in [6, 6.07) is 8.60. The maximum absolute atomic E-state index is 5.51. The average Bonchev–Trinajstić information content (AvgIpc) is 2.60. The molecule has 0 saturated carbocycles. The largest absolute Gasteiger partial charge is 0.497 e. The van der Waals surface area contributed by atoms with Gasteiger partial charge < -0.3 is 9.47 Å². The summed E-state index contributed by atoms with van der Waals surface area (Å²) in [6.07, 6.45) is 8.77. The van der Waals surface area contributed by atoms with E-state index in [9.17, 15) is 0 Å². The minimum Gasteiger partial charge on any atom is -0.497 e. The molecule has 0 bridgehead atoms. The molecule has 1 aromatic carbocycles. The molecular formula is C23H36O2. The van der Waals surface area contributed by atoms with E-state index in [0.29, 0.717) is 5.92 Å². The van der Waals surface area contributed by atoms with Crippen molar-refractivity contribution in [1.29, 1.82) is 0 Å². The lowest BCUT2D eigenvalue weighted by Crippen LogP contribution is -2.22. The van der Waals surface area contributed by atoms with Gasteiger partial charge in [0.05, 0.1) is 7.11 Å². The first-order chi connectivity index (χ1) is 11.9. The Bertz CT molecular complexity index is 532. The number of hydrogen-bond donors (Lipinski definition) is 0. The quantitative estimate of drug-likeness (QED) is 0.526. The van der Waals surface area contributed by atoms with Crippen LogP contribution in [0.25, 0.3) is 0 Å². The van der Waals surface area contributed by atoms with E-state index in [2.05, 4.69) is 58.0 Å². The van der Waals surface area contributed by atoms with Crippen LogP contribution in [0, 0.1) is 11.8 Å². The molecule has 1 atom stereocenters. The van der Waals surface area contributed by atoms with E-state index in [0.717, 1.165) is 24.9 Å². The Hall–Kier alpha value is -1.28. The molecule has 2 heteroatoms. The minimum atomic E-state index is 0.165. The summed E-state index contributed by atoms with van der Waals surface area (Å²) in [7, 11) is 1.72. The molecule has 2 nitrogen and oxygen atoms in total. The van der Waals surface area contributed by atoms with Gasteiger partial charge in [-0.05, 0) is 80.9 Å². The highest BCUT2D eigenvalue weighted by Gasteiger charge is 2.25. The normalized spacial score (nSPS) is 17.2. The van der Waals surface area contributed by atoms with Crippen LogP contribution in [-0.2, 0) is 10.2 Å². The van der Waals surface area contributed by atoms with E-state index >= 15 is 0 Å². The van der Waals surface area contributed by atoms with Crippen LogP contribution in [0.1, 0.15) is 65.4 Å². The van der Waals surface area contributed by atoms with Crippen LogP contribution in [-0.4, -0.2) is 20.3 Å². The molecule has 2 rings (SSSR count). The lowest BCUT2D eigenvalue weighted by atomic mass is 9.75. The van der Waals surface area contributed by atoms with Gasteiger partial charge >= 0.3 is 0 Å². The fourth-order valence-corrected chi connectivity index (χ4v) is 4.02. The Balaban J connectivity index is 2.01. The van der Waals surface area contributed by atoms with Crippen LogP contribution in [0.5, 0.6) is 5.75 Å². The van der Waals surface area contributed by atoms with E-state index in [1.807, 2.05) is 0 Å². The fraction of sp³-hybridized carbons (Fsp3) is 0.652.